The van der Waals surface area contributed by atoms with Gasteiger partial charge in [-0.3, -0.25) is 9.69 Å². The number of carbonyl (C=O) groups excluding carboxylic acids is 1. The summed E-state index contributed by atoms with van der Waals surface area (Å²) in [5.41, 5.74) is 1.11. The van der Waals surface area contributed by atoms with Crippen LogP contribution in [0.3, 0.4) is 0 Å². The molecule has 0 aliphatic carbocycles. The SMILES string of the molecule is Cc1nc([C@@H]2CCCN(CC(=O)N(C)C(C)C)C2)cc(N2CCOCC2)n1. The number of hydrogen-bond acceptors (Lipinski definition) is 6. The number of ether oxygens (including phenoxy) is 1. The quantitative estimate of drug-likeness (QED) is 0.780. The van der Waals surface area contributed by atoms with Gasteiger partial charge in [-0.1, -0.05) is 0 Å². The monoisotopic (exact) mass is 375 g/mol. The van der Waals surface area contributed by atoms with E-state index in [0.717, 1.165) is 69.6 Å². The first-order valence-electron chi connectivity index (χ1n) is 10.1. The van der Waals surface area contributed by atoms with Crippen molar-refractivity contribution in [2.24, 2.45) is 0 Å². The number of aryl methyl sites for hydroxylation is 1. The minimum absolute atomic E-state index is 0.193. The van der Waals surface area contributed by atoms with Crippen molar-refractivity contribution in [1.29, 1.82) is 0 Å². The fourth-order valence-corrected chi connectivity index (χ4v) is 3.77. The summed E-state index contributed by atoms with van der Waals surface area (Å²) >= 11 is 0. The predicted octanol–water partition coefficient (Wildman–Crippen LogP) is 1.67. The highest BCUT2D eigenvalue weighted by atomic mass is 16.5. The van der Waals surface area contributed by atoms with E-state index in [4.69, 9.17) is 9.72 Å². The van der Waals surface area contributed by atoms with Crippen LogP contribution in [0.4, 0.5) is 5.82 Å². The van der Waals surface area contributed by atoms with Gasteiger partial charge in [0.25, 0.3) is 0 Å². The highest BCUT2D eigenvalue weighted by molar-refractivity contribution is 5.78. The topological polar surface area (TPSA) is 61.8 Å². The van der Waals surface area contributed by atoms with Crippen molar-refractivity contribution in [3.8, 4) is 0 Å². The number of likely N-dealkylation sites (tertiary alicyclic amines) is 1. The molecule has 0 N–H and O–H groups in total. The molecule has 1 amide bonds. The van der Waals surface area contributed by atoms with Gasteiger partial charge in [-0.15, -0.1) is 0 Å². The molecule has 0 unspecified atom stereocenters. The molecule has 0 saturated carbocycles. The third kappa shape index (κ3) is 5.17. The summed E-state index contributed by atoms with van der Waals surface area (Å²) < 4.78 is 5.46. The molecule has 2 fully saturated rings. The highest BCUT2D eigenvalue weighted by Crippen LogP contribution is 2.28. The average Bonchev–Trinajstić information content (AvgIpc) is 2.67. The molecule has 0 spiro atoms. The van der Waals surface area contributed by atoms with Gasteiger partial charge in [-0.05, 0) is 40.2 Å². The molecule has 0 aromatic carbocycles. The van der Waals surface area contributed by atoms with Crippen LogP contribution in [0.5, 0.6) is 0 Å². The number of hydrogen-bond donors (Lipinski definition) is 0. The van der Waals surface area contributed by atoms with E-state index < -0.39 is 0 Å². The molecule has 3 rings (SSSR count). The molecule has 1 atom stereocenters. The Morgan fingerprint density at radius 2 is 2.04 bits per heavy atom. The second-order valence-corrected chi connectivity index (χ2v) is 7.97. The Balaban J connectivity index is 1.68. The molecule has 0 bridgehead atoms. The van der Waals surface area contributed by atoms with Gasteiger partial charge < -0.3 is 14.5 Å². The minimum Gasteiger partial charge on any atom is -0.378 e. The molecule has 7 nitrogen and oxygen atoms in total. The Hall–Kier alpha value is -1.73. The number of likely N-dealkylation sites (N-methyl/N-ethyl adjacent to an activating group) is 1. The summed E-state index contributed by atoms with van der Waals surface area (Å²) in [4.78, 5) is 28.2. The first-order valence-corrected chi connectivity index (χ1v) is 10.1. The lowest BCUT2D eigenvalue weighted by atomic mass is 9.94. The number of aromatic nitrogens is 2. The van der Waals surface area contributed by atoms with E-state index >= 15 is 0 Å². The van der Waals surface area contributed by atoms with Crippen molar-refractivity contribution < 1.29 is 9.53 Å². The Kier molecular flexibility index (Phi) is 6.65. The highest BCUT2D eigenvalue weighted by Gasteiger charge is 2.26. The lowest BCUT2D eigenvalue weighted by Gasteiger charge is -2.34. The van der Waals surface area contributed by atoms with Crippen LogP contribution in [-0.4, -0.2) is 84.7 Å². The van der Waals surface area contributed by atoms with Crippen LogP contribution < -0.4 is 4.90 Å². The predicted molar refractivity (Wildman–Crippen MR) is 106 cm³/mol. The summed E-state index contributed by atoms with van der Waals surface area (Å²) in [6, 6.07) is 2.38. The van der Waals surface area contributed by atoms with E-state index in [1.54, 1.807) is 0 Å². The lowest BCUT2D eigenvalue weighted by Crippen LogP contribution is -2.44. The van der Waals surface area contributed by atoms with Crippen molar-refractivity contribution in [1.82, 2.24) is 19.8 Å². The van der Waals surface area contributed by atoms with E-state index in [1.165, 1.54) is 0 Å². The van der Waals surface area contributed by atoms with Crippen molar-refractivity contribution >= 4 is 11.7 Å². The second kappa shape index (κ2) is 8.97. The fourth-order valence-electron chi connectivity index (χ4n) is 3.77. The first-order chi connectivity index (χ1) is 12.9. The van der Waals surface area contributed by atoms with E-state index in [-0.39, 0.29) is 11.9 Å². The van der Waals surface area contributed by atoms with Crippen LogP contribution in [-0.2, 0) is 9.53 Å². The summed E-state index contributed by atoms with van der Waals surface area (Å²) in [5.74, 6) is 2.38. The Labute approximate surface area is 162 Å². The molecule has 2 saturated heterocycles. The molecule has 27 heavy (non-hydrogen) atoms. The van der Waals surface area contributed by atoms with Gasteiger partial charge in [0.2, 0.25) is 5.91 Å². The van der Waals surface area contributed by atoms with E-state index in [0.29, 0.717) is 12.5 Å². The van der Waals surface area contributed by atoms with Crippen LogP contribution in [0, 0.1) is 6.92 Å². The van der Waals surface area contributed by atoms with Crippen LogP contribution in [0.1, 0.15) is 44.1 Å². The van der Waals surface area contributed by atoms with Gasteiger partial charge in [0, 0.05) is 44.7 Å². The number of rotatable bonds is 5. The van der Waals surface area contributed by atoms with Gasteiger partial charge in [0.05, 0.1) is 25.5 Å². The normalized spacial score (nSPS) is 21.5. The molecule has 1 aromatic heterocycles. The molecular formula is C20H33N5O2. The number of morpholine rings is 1. The minimum atomic E-state index is 0.193. The average molecular weight is 376 g/mol. The maximum absolute atomic E-state index is 12.5. The van der Waals surface area contributed by atoms with E-state index in [2.05, 4.69) is 20.9 Å². The molecule has 3 heterocycles. The Morgan fingerprint density at radius 1 is 1.30 bits per heavy atom. The Morgan fingerprint density at radius 3 is 2.74 bits per heavy atom. The van der Waals surface area contributed by atoms with Gasteiger partial charge in [0.1, 0.15) is 11.6 Å². The molecule has 2 aliphatic rings. The zero-order valence-corrected chi connectivity index (χ0v) is 17.1. The molecule has 7 heteroatoms. The van der Waals surface area contributed by atoms with Crippen molar-refractivity contribution in [3.63, 3.8) is 0 Å². The van der Waals surface area contributed by atoms with Crippen LogP contribution in [0.15, 0.2) is 6.07 Å². The lowest BCUT2D eigenvalue weighted by molar-refractivity contribution is -0.132. The van der Waals surface area contributed by atoms with Crippen molar-refractivity contribution in [2.75, 3.05) is 57.9 Å². The smallest absolute Gasteiger partial charge is 0.236 e. The first kappa shape index (κ1) is 20.0. The van der Waals surface area contributed by atoms with Crippen LogP contribution in [0.25, 0.3) is 0 Å². The van der Waals surface area contributed by atoms with Crippen molar-refractivity contribution in [3.05, 3.63) is 17.6 Å². The number of amides is 1. The van der Waals surface area contributed by atoms with E-state index in [1.807, 2.05) is 32.7 Å². The maximum Gasteiger partial charge on any atom is 0.236 e. The van der Waals surface area contributed by atoms with Crippen LogP contribution >= 0.6 is 0 Å². The van der Waals surface area contributed by atoms with Crippen LogP contribution in [0.2, 0.25) is 0 Å². The van der Waals surface area contributed by atoms with Crippen molar-refractivity contribution in [2.45, 2.75) is 45.6 Å². The standard InChI is InChI=1S/C20H33N5O2/c1-15(2)23(4)20(26)14-24-7-5-6-17(13-24)18-12-19(22-16(3)21-18)25-8-10-27-11-9-25/h12,15,17H,5-11,13-14H2,1-4H3/t17-/m1/s1. The van der Waals surface area contributed by atoms with E-state index in [9.17, 15) is 4.79 Å². The molecule has 0 radical (unpaired) electrons. The number of nitrogens with zero attached hydrogens (tertiary/aromatic N) is 5. The third-order valence-electron chi connectivity index (χ3n) is 5.63. The fraction of sp³-hybridized carbons (Fsp3) is 0.750. The zero-order chi connectivity index (χ0) is 19.4. The molecule has 150 valence electrons. The van der Waals surface area contributed by atoms with Gasteiger partial charge in [-0.25, -0.2) is 9.97 Å². The van der Waals surface area contributed by atoms with Gasteiger partial charge in [0.15, 0.2) is 0 Å². The summed E-state index contributed by atoms with van der Waals surface area (Å²) in [7, 11) is 1.89. The number of piperidine rings is 1. The number of carbonyl (C=O) groups is 1. The zero-order valence-electron chi connectivity index (χ0n) is 17.1. The largest absolute Gasteiger partial charge is 0.378 e. The summed E-state index contributed by atoms with van der Waals surface area (Å²) in [6.45, 7) is 11.7. The molecular weight excluding hydrogens is 342 g/mol. The molecule has 1 aromatic rings. The van der Waals surface area contributed by atoms with Gasteiger partial charge >= 0.3 is 0 Å². The summed E-state index contributed by atoms with van der Waals surface area (Å²) in [5, 5.41) is 0. The molecule has 2 aliphatic heterocycles. The second-order valence-electron chi connectivity index (χ2n) is 7.97. The third-order valence-corrected chi connectivity index (χ3v) is 5.63. The van der Waals surface area contributed by atoms with Gasteiger partial charge in [-0.2, -0.15) is 0 Å². The maximum atomic E-state index is 12.5. The number of anilines is 1. The summed E-state index contributed by atoms with van der Waals surface area (Å²) in [6.07, 6.45) is 2.21. The Bertz CT molecular complexity index is 645.